The Morgan fingerprint density at radius 1 is 1.05 bits per heavy atom. The lowest BCUT2D eigenvalue weighted by Gasteiger charge is -2.24. The maximum atomic E-state index is 11.1. The minimum atomic E-state index is -0.912. The first-order chi connectivity index (χ1) is 10.1. The smallest absolute Gasteiger partial charge is 0.323 e. The van der Waals surface area contributed by atoms with Gasteiger partial charge in [-0.1, -0.05) is 36.4 Å². The second-order valence-electron chi connectivity index (χ2n) is 4.78. The number of aliphatic carboxylic acids is 1. The van der Waals surface area contributed by atoms with Crippen molar-refractivity contribution >= 4 is 17.3 Å². The standard InChI is InChI=1S/C16H18N2O3/c17-14-3-1-2-4-15(14)18(10-16(20)21)9-12-5-7-13(11-19)8-6-12/h1-8,19H,9-11,17H2,(H,20,21). The van der Waals surface area contributed by atoms with Gasteiger partial charge in [0, 0.05) is 6.54 Å². The largest absolute Gasteiger partial charge is 0.480 e. The van der Waals surface area contributed by atoms with Crippen LogP contribution in [0.25, 0.3) is 0 Å². The third-order valence-corrected chi connectivity index (χ3v) is 3.18. The molecule has 21 heavy (non-hydrogen) atoms. The number of nitrogens with two attached hydrogens (primary N) is 1. The quantitative estimate of drug-likeness (QED) is 0.705. The zero-order chi connectivity index (χ0) is 15.2. The van der Waals surface area contributed by atoms with E-state index in [-0.39, 0.29) is 13.2 Å². The van der Waals surface area contributed by atoms with Crippen molar-refractivity contribution in [3.05, 3.63) is 59.7 Å². The maximum Gasteiger partial charge on any atom is 0.323 e. The van der Waals surface area contributed by atoms with Gasteiger partial charge in [-0.3, -0.25) is 4.79 Å². The Bertz CT molecular complexity index is 611. The Balaban J connectivity index is 2.23. The fourth-order valence-electron chi connectivity index (χ4n) is 2.14. The molecule has 0 aliphatic heterocycles. The number of para-hydroxylation sites is 2. The molecule has 5 nitrogen and oxygen atoms in total. The summed E-state index contributed by atoms with van der Waals surface area (Å²) >= 11 is 0. The highest BCUT2D eigenvalue weighted by atomic mass is 16.4. The molecule has 0 aliphatic rings. The summed E-state index contributed by atoms with van der Waals surface area (Å²) in [5.74, 6) is -0.912. The van der Waals surface area contributed by atoms with Gasteiger partial charge >= 0.3 is 5.97 Å². The molecule has 0 fully saturated rings. The van der Waals surface area contributed by atoms with E-state index in [4.69, 9.17) is 15.9 Å². The van der Waals surface area contributed by atoms with Gasteiger partial charge in [-0.25, -0.2) is 0 Å². The predicted octanol–water partition coefficient (Wildman–Crippen LogP) is 1.85. The fourth-order valence-corrected chi connectivity index (χ4v) is 2.14. The van der Waals surface area contributed by atoms with E-state index in [1.165, 1.54) is 0 Å². The van der Waals surface area contributed by atoms with Crippen LogP contribution in [-0.2, 0) is 17.9 Å². The normalized spacial score (nSPS) is 10.3. The summed E-state index contributed by atoms with van der Waals surface area (Å²) in [5, 5.41) is 18.1. The molecule has 2 rings (SSSR count). The van der Waals surface area contributed by atoms with E-state index >= 15 is 0 Å². The molecule has 0 atom stereocenters. The maximum absolute atomic E-state index is 11.1. The first kappa shape index (κ1) is 14.9. The molecule has 0 saturated carbocycles. The van der Waals surface area contributed by atoms with Crippen LogP contribution in [-0.4, -0.2) is 22.7 Å². The third kappa shape index (κ3) is 3.97. The number of anilines is 2. The van der Waals surface area contributed by atoms with Crippen LogP contribution in [0.5, 0.6) is 0 Å². The van der Waals surface area contributed by atoms with Crippen LogP contribution in [0, 0.1) is 0 Å². The summed E-state index contributed by atoms with van der Waals surface area (Å²) in [6.07, 6.45) is 0. The molecule has 0 spiro atoms. The molecule has 0 amide bonds. The first-order valence-electron chi connectivity index (χ1n) is 6.60. The van der Waals surface area contributed by atoms with E-state index in [0.29, 0.717) is 17.9 Å². The lowest BCUT2D eigenvalue weighted by molar-refractivity contribution is -0.135. The minimum Gasteiger partial charge on any atom is -0.480 e. The average Bonchev–Trinajstić information content (AvgIpc) is 2.47. The third-order valence-electron chi connectivity index (χ3n) is 3.18. The molecule has 0 bridgehead atoms. The summed E-state index contributed by atoms with van der Waals surface area (Å²) in [6, 6.07) is 14.6. The highest BCUT2D eigenvalue weighted by molar-refractivity contribution is 5.77. The molecular formula is C16H18N2O3. The van der Waals surface area contributed by atoms with Gasteiger partial charge in [-0.2, -0.15) is 0 Å². The van der Waals surface area contributed by atoms with Crippen LogP contribution >= 0.6 is 0 Å². The van der Waals surface area contributed by atoms with Gasteiger partial charge in [0.1, 0.15) is 6.54 Å². The summed E-state index contributed by atoms with van der Waals surface area (Å²) in [6.45, 7) is 0.299. The molecular weight excluding hydrogens is 268 g/mol. The van der Waals surface area contributed by atoms with Crippen molar-refractivity contribution in [3.8, 4) is 0 Å². The van der Waals surface area contributed by atoms with Gasteiger partial charge in [0.15, 0.2) is 0 Å². The molecule has 0 unspecified atom stereocenters. The van der Waals surface area contributed by atoms with Crippen molar-refractivity contribution in [3.63, 3.8) is 0 Å². The predicted molar refractivity (Wildman–Crippen MR) is 81.9 cm³/mol. The van der Waals surface area contributed by atoms with E-state index in [1.807, 2.05) is 36.4 Å². The van der Waals surface area contributed by atoms with Crippen molar-refractivity contribution in [1.82, 2.24) is 0 Å². The number of nitrogen functional groups attached to an aromatic ring is 1. The molecule has 2 aromatic rings. The van der Waals surface area contributed by atoms with Gasteiger partial charge < -0.3 is 20.8 Å². The van der Waals surface area contributed by atoms with Crippen molar-refractivity contribution in [1.29, 1.82) is 0 Å². The van der Waals surface area contributed by atoms with Crippen LogP contribution in [0.1, 0.15) is 11.1 Å². The van der Waals surface area contributed by atoms with E-state index in [0.717, 1.165) is 11.1 Å². The number of nitrogens with zero attached hydrogens (tertiary/aromatic N) is 1. The monoisotopic (exact) mass is 286 g/mol. The fraction of sp³-hybridized carbons (Fsp3) is 0.188. The number of rotatable bonds is 6. The number of hydrogen-bond donors (Lipinski definition) is 3. The number of benzene rings is 2. The van der Waals surface area contributed by atoms with Gasteiger partial charge in [0.2, 0.25) is 0 Å². The van der Waals surface area contributed by atoms with Crippen molar-refractivity contribution in [2.24, 2.45) is 0 Å². The Kier molecular flexibility index (Phi) is 4.79. The number of carboxylic acids is 1. The van der Waals surface area contributed by atoms with Crippen molar-refractivity contribution in [2.45, 2.75) is 13.2 Å². The zero-order valence-corrected chi connectivity index (χ0v) is 11.6. The molecule has 0 heterocycles. The molecule has 0 aromatic heterocycles. The van der Waals surface area contributed by atoms with Crippen LogP contribution in [0.4, 0.5) is 11.4 Å². The molecule has 5 heteroatoms. The summed E-state index contributed by atoms with van der Waals surface area (Å²) < 4.78 is 0. The van der Waals surface area contributed by atoms with Crippen molar-refractivity contribution in [2.75, 3.05) is 17.2 Å². The molecule has 0 radical (unpaired) electrons. The number of carbonyl (C=O) groups is 1. The van der Waals surface area contributed by atoms with Gasteiger partial charge in [0.05, 0.1) is 18.0 Å². The second kappa shape index (κ2) is 6.76. The van der Waals surface area contributed by atoms with Crippen LogP contribution in [0.15, 0.2) is 48.5 Å². The summed E-state index contributed by atoms with van der Waals surface area (Å²) in [4.78, 5) is 12.8. The van der Waals surface area contributed by atoms with E-state index in [9.17, 15) is 4.79 Å². The van der Waals surface area contributed by atoms with Crippen LogP contribution in [0.2, 0.25) is 0 Å². The van der Waals surface area contributed by atoms with Crippen LogP contribution in [0.3, 0.4) is 0 Å². The van der Waals surface area contributed by atoms with Gasteiger partial charge in [0.25, 0.3) is 0 Å². The number of aliphatic hydroxyl groups is 1. The number of carboxylic acid groups (broad SMARTS) is 1. The second-order valence-corrected chi connectivity index (χ2v) is 4.78. The molecule has 4 N–H and O–H groups in total. The Labute approximate surface area is 123 Å². The number of aliphatic hydroxyl groups excluding tert-OH is 1. The topological polar surface area (TPSA) is 86.8 Å². The Morgan fingerprint density at radius 2 is 1.67 bits per heavy atom. The van der Waals surface area contributed by atoms with Crippen molar-refractivity contribution < 1.29 is 15.0 Å². The van der Waals surface area contributed by atoms with Crippen LogP contribution < -0.4 is 10.6 Å². The first-order valence-corrected chi connectivity index (χ1v) is 6.60. The highest BCUT2D eigenvalue weighted by Crippen LogP contribution is 2.24. The average molecular weight is 286 g/mol. The lowest BCUT2D eigenvalue weighted by atomic mass is 10.1. The Hall–Kier alpha value is -2.53. The van der Waals surface area contributed by atoms with E-state index in [2.05, 4.69) is 0 Å². The Morgan fingerprint density at radius 3 is 2.24 bits per heavy atom. The van der Waals surface area contributed by atoms with E-state index < -0.39 is 5.97 Å². The molecule has 110 valence electrons. The minimum absolute atomic E-state index is 0.00917. The summed E-state index contributed by atoms with van der Waals surface area (Å²) in [7, 11) is 0. The molecule has 0 aliphatic carbocycles. The lowest BCUT2D eigenvalue weighted by Crippen LogP contribution is -2.29. The van der Waals surface area contributed by atoms with Gasteiger partial charge in [-0.05, 0) is 23.3 Å². The molecule has 2 aromatic carbocycles. The molecule has 0 saturated heterocycles. The van der Waals surface area contributed by atoms with E-state index in [1.54, 1.807) is 17.0 Å². The van der Waals surface area contributed by atoms with Gasteiger partial charge in [-0.15, -0.1) is 0 Å². The SMILES string of the molecule is Nc1ccccc1N(CC(=O)O)Cc1ccc(CO)cc1. The summed E-state index contributed by atoms with van der Waals surface area (Å²) in [5.41, 5.74) is 8.95. The number of hydrogen-bond acceptors (Lipinski definition) is 4. The highest BCUT2D eigenvalue weighted by Gasteiger charge is 2.13. The zero-order valence-electron chi connectivity index (χ0n) is 11.6.